The number of rotatable bonds is 9. The summed E-state index contributed by atoms with van der Waals surface area (Å²) in [6, 6.07) is 10.7. The maximum atomic E-state index is 11.5. The van der Waals surface area contributed by atoms with Crippen molar-refractivity contribution < 1.29 is 30.5 Å². The molecule has 2 aromatic carbocycles. The van der Waals surface area contributed by atoms with Crippen molar-refractivity contribution in [3.63, 3.8) is 0 Å². The lowest BCUT2D eigenvalue weighted by Crippen LogP contribution is -2.38. The Kier molecular flexibility index (Phi) is 8.61. The third-order valence-electron chi connectivity index (χ3n) is 5.55. The molecule has 198 valence electrons. The molecule has 0 saturated carbocycles. The molecule has 0 radical (unpaired) electrons. The fourth-order valence-corrected chi connectivity index (χ4v) is 7.24. The first-order valence-electron chi connectivity index (χ1n) is 11.0. The van der Waals surface area contributed by atoms with E-state index in [1.807, 2.05) is 31.2 Å². The Balaban J connectivity index is 1.77. The highest BCUT2D eigenvalue weighted by molar-refractivity contribution is 8.03. The third-order valence-corrected chi connectivity index (χ3v) is 9.62. The minimum Gasteiger partial charge on any atom is -0.748 e. The molecular weight excluding hydrogens is 599 g/mol. The van der Waals surface area contributed by atoms with E-state index in [9.17, 15) is 25.9 Å². The van der Waals surface area contributed by atoms with Gasteiger partial charge in [-0.05, 0) is 48.4 Å². The number of aromatic nitrogens is 1. The smallest absolute Gasteiger partial charge is 0.271 e. The molecule has 0 amide bonds. The largest absolute Gasteiger partial charge is 0.748 e. The summed E-state index contributed by atoms with van der Waals surface area (Å²) < 4.78 is 69.0. The van der Waals surface area contributed by atoms with Crippen LogP contribution in [0.4, 0.5) is 5.69 Å². The van der Waals surface area contributed by atoms with E-state index in [2.05, 4.69) is 0 Å². The van der Waals surface area contributed by atoms with E-state index in [1.54, 1.807) is 33.7 Å². The maximum Gasteiger partial charge on any atom is 0.271 e. The Morgan fingerprint density at radius 2 is 1.81 bits per heavy atom. The monoisotopic (exact) mass is 620 g/mol. The second-order valence-electron chi connectivity index (χ2n) is 8.17. The molecule has 14 heteroatoms. The van der Waals surface area contributed by atoms with Crippen LogP contribution in [0.5, 0.6) is 0 Å². The van der Waals surface area contributed by atoms with Crippen LogP contribution in [0.1, 0.15) is 18.4 Å². The van der Waals surface area contributed by atoms with Crippen LogP contribution in [-0.4, -0.2) is 44.0 Å². The van der Waals surface area contributed by atoms with Gasteiger partial charge in [0.1, 0.15) is 10.5 Å². The Morgan fingerprint density at radius 1 is 1.11 bits per heavy atom. The summed E-state index contributed by atoms with van der Waals surface area (Å²) >= 11 is 15.3. The molecule has 0 saturated heterocycles. The van der Waals surface area contributed by atoms with Crippen molar-refractivity contribution in [2.24, 2.45) is 0 Å². The normalized spacial score (nSPS) is 15.6. The van der Waals surface area contributed by atoms with Gasteiger partial charge < -0.3 is 9.45 Å². The molecule has 37 heavy (non-hydrogen) atoms. The van der Waals surface area contributed by atoms with Gasteiger partial charge in [-0.2, -0.15) is 13.0 Å². The topological polar surface area (TPSA) is 119 Å². The van der Waals surface area contributed by atoms with Crippen LogP contribution in [0.15, 0.2) is 58.0 Å². The van der Waals surface area contributed by atoms with Gasteiger partial charge in [-0.15, -0.1) is 0 Å². The number of aryl methyl sites for hydroxylation is 1. The van der Waals surface area contributed by atoms with Crippen LogP contribution < -0.4 is 9.47 Å². The zero-order valence-electron chi connectivity index (χ0n) is 19.4. The number of halogens is 2. The van der Waals surface area contributed by atoms with Crippen molar-refractivity contribution in [2.75, 3.05) is 23.0 Å². The Labute approximate surface area is 233 Å². The van der Waals surface area contributed by atoms with Crippen molar-refractivity contribution in [3.05, 3.63) is 68.1 Å². The summed E-state index contributed by atoms with van der Waals surface area (Å²) in [6.45, 7) is 1.97. The summed E-state index contributed by atoms with van der Waals surface area (Å²) in [5.74, 6) is -1.02. The lowest BCUT2D eigenvalue weighted by molar-refractivity contribution is -0.664. The molecule has 0 spiro atoms. The summed E-state index contributed by atoms with van der Waals surface area (Å²) in [4.78, 5) is 2.65. The molecule has 0 fully saturated rings. The fourth-order valence-electron chi connectivity index (χ4n) is 3.80. The highest BCUT2D eigenvalue weighted by Gasteiger charge is 2.27. The summed E-state index contributed by atoms with van der Waals surface area (Å²) in [5, 5.41) is 2.49. The lowest BCUT2D eigenvalue weighted by Gasteiger charge is -2.21. The van der Waals surface area contributed by atoms with Gasteiger partial charge in [0.2, 0.25) is 5.52 Å². The molecule has 4 rings (SSSR count). The number of benzene rings is 2. The molecule has 0 unspecified atom stereocenters. The first-order valence-corrected chi connectivity index (χ1v) is 16.6. The van der Waals surface area contributed by atoms with Gasteiger partial charge in [-0.3, -0.25) is 4.55 Å². The van der Waals surface area contributed by atoms with E-state index in [0.29, 0.717) is 16.5 Å². The second-order valence-corrected chi connectivity index (χ2v) is 14.3. The van der Waals surface area contributed by atoms with Gasteiger partial charge in [0, 0.05) is 33.6 Å². The molecule has 3 aromatic rings. The van der Waals surface area contributed by atoms with Gasteiger partial charge >= 0.3 is 0 Å². The molecule has 1 aliphatic rings. The number of thioether (sulfide) groups is 1. The summed E-state index contributed by atoms with van der Waals surface area (Å²) in [7, 11) is -8.62. The Morgan fingerprint density at radius 3 is 2.49 bits per heavy atom. The van der Waals surface area contributed by atoms with Gasteiger partial charge in [-0.25, -0.2) is 8.42 Å². The number of allylic oxidation sites excluding steroid dienone is 2. The summed E-state index contributed by atoms with van der Waals surface area (Å²) in [6.07, 6.45) is 4.46. The molecule has 2 heterocycles. The predicted octanol–water partition coefficient (Wildman–Crippen LogP) is 5.18. The van der Waals surface area contributed by atoms with E-state index in [0.717, 1.165) is 36.4 Å². The lowest BCUT2D eigenvalue weighted by atomic mass is 10.2. The average molecular weight is 622 g/mol. The minimum atomic E-state index is -4.43. The molecular formula is C23H22Cl2N2O6S4. The molecule has 0 atom stereocenters. The van der Waals surface area contributed by atoms with E-state index in [1.165, 1.54) is 23.1 Å². The zero-order chi connectivity index (χ0) is 27.0. The highest BCUT2D eigenvalue weighted by atomic mass is 35.5. The Bertz CT molecular complexity index is 1630. The van der Waals surface area contributed by atoms with Gasteiger partial charge in [-0.1, -0.05) is 53.2 Å². The van der Waals surface area contributed by atoms with E-state index < -0.39 is 31.7 Å². The van der Waals surface area contributed by atoms with Crippen molar-refractivity contribution >= 4 is 88.5 Å². The van der Waals surface area contributed by atoms with E-state index >= 15 is 0 Å². The van der Waals surface area contributed by atoms with Crippen LogP contribution >= 0.6 is 46.3 Å². The number of nitrogens with zero attached hydrogens (tertiary/aromatic N) is 2. The van der Waals surface area contributed by atoms with E-state index in [4.69, 9.17) is 23.2 Å². The zero-order valence-corrected chi connectivity index (χ0v) is 24.2. The van der Waals surface area contributed by atoms with Gasteiger partial charge in [0.25, 0.3) is 15.1 Å². The Hall–Kier alpha value is -1.64. The van der Waals surface area contributed by atoms with Crippen molar-refractivity contribution in [1.82, 2.24) is 0 Å². The molecule has 0 bridgehead atoms. The number of anilines is 1. The van der Waals surface area contributed by atoms with Gasteiger partial charge in [0.05, 0.1) is 26.6 Å². The number of thiazole rings is 1. The maximum absolute atomic E-state index is 11.5. The van der Waals surface area contributed by atoms with Crippen LogP contribution in [0, 0.1) is 0 Å². The first kappa shape index (κ1) is 28.4. The standard InChI is InChI=1S/C23H22Cl2N2O6S4/c1-2-15(11-22-26(7-9-36(28,29)30)18-13-16(24)3-5-20(18)34-22)12-23-27(8-10-37(31,32)33)19-14-17(25)4-6-21(19)35-23/h3-6,11-14H,2,7-10H2,1H3,(H-,28,29,30,31,32,33). The van der Waals surface area contributed by atoms with Crippen LogP contribution in [0.3, 0.4) is 0 Å². The van der Waals surface area contributed by atoms with Crippen LogP contribution in [-0.2, 0) is 26.8 Å². The fraction of sp³-hybridized carbons (Fsp3) is 0.261. The van der Waals surface area contributed by atoms with Gasteiger partial charge in [0.15, 0.2) is 6.54 Å². The minimum absolute atomic E-state index is 0.0231. The number of hydrogen-bond donors (Lipinski definition) is 1. The van der Waals surface area contributed by atoms with Crippen LogP contribution in [0.25, 0.3) is 16.3 Å². The van der Waals surface area contributed by atoms with Crippen molar-refractivity contribution in [3.8, 4) is 0 Å². The molecule has 8 nitrogen and oxygen atoms in total. The second kappa shape index (κ2) is 11.2. The predicted molar refractivity (Wildman–Crippen MR) is 149 cm³/mol. The molecule has 0 aliphatic carbocycles. The summed E-state index contributed by atoms with van der Waals surface area (Å²) in [5.41, 5.74) is 2.35. The highest BCUT2D eigenvalue weighted by Crippen LogP contribution is 2.47. The van der Waals surface area contributed by atoms with Crippen LogP contribution in [0.2, 0.25) is 10.0 Å². The third kappa shape index (κ3) is 7.27. The van der Waals surface area contributed by atoms with Crippen molar-refractivity contribution in [1.29, 1.82) is 0 Å². The van der Waals surface area contributed by atoms with E-state index in [-0.39, 0.29) is 13.1 Å². The number of hydrogen-bond acceptors (Lipinski definition) is 8. The van der Waals surface area contributed by atoms with Crippen molar-refractivity contribution in [2.45, 2.75) is 24.8 Å². The average Bonchev–Trinajstić information content (AvgIpc) is 3.31. The quantitative estimate of drug-likeness (QED) is 0.257. The number of fused-ring (bicyclic) bond motifs is 2. The molecule has 1 N–H and O–H groups in total. The SMILES string of the molecule is CCC(/C=C1\Sc2ccc(Cl)cc2N1CCS(=O)(=O)[O-])=C\c1sc2ccc(Cl)cc2[n+]1CCS(=O)(=O)O. The first-order chi connectivity index (χ1) is 17.3. The molecule has 1 aromatic heterocycles. The molecule has 1 aliphatic heterocycles.